The van der Waals surface area contributed by atoms with Crippen molar-refractivity contribution in [2.75, 3.05) is 7.05 Å². The van der Waals surface area contributed by atoms with Gasteiger partial charge >= 0.3 is 0 Å². The van der Waals surface area contributed by atoms with Crippen LogP contribution >= 0.6 is 11.6 Å². The first-order valence-corrected chi connectivity index (χ1v) is 5.64. The highest BCUT2D eigenvalue weighted by Gasteiger charge is 2.40. The highest BCUT2D eigenvalue weighted by Crippen LogP contribution is 2.43. The van der Waals surface area contributed by atoms with Crippen molar-refractivity contribution < 1.29 is 4.42 Å². The molecule has 2 atom stereocenters. The Morgan fingerprint density at radius 3 is 3.13 bits per heavy atom. The summed E-state index contributed by atoms with van der Waals surface area (Å²) in [6.45, 7) is 0. The molecule has 0 N–H and O–H groups in total. The van der Waals surface area contributed by atoms with Gasteiger partial charge < -0.3 is 4.42 Å². The fourth-order valence-corrected chi connectivity index (χ4v) is 3.15. The molecule has 0 spiro atoms. The van der Waals surface area contributed by atoms with Crippen molar-refractivity contribution in [3.63, 3.8) is 0 Å². The number of oxazole rings is 1. The quantitative estimate of drug-likeness (QED) is 0.734. The largest absolute Gasteiger partial charge is 0.444 e. The molecule has 1 aromatic heterocycles. The van der Waals surface area contributed by atoms with Crippen LogP contribution in [0.25, 0.3) is 5.57 Å². The summed E-state index contributed by atoms with van der Waals surface area (Å²) in [5, 5.41) is 0.956. The zero-order chi connectivity index (χ0) is 10.4. The topological polar surface area (TPSA) is 29.3 Å². The van der Waals surface area contributed by atoms with Crippen LogP contribution in [0.15, 0.2) is 22.0 Å². The molecule has 3 heterocycles. The Labute approximate surface area is 93.7 Å². The SMILES string of the molecule is CN1C2CCC1C(c1cnco1)=C(Cl)C2. The van der Waals surface area contributed by atoms with Crippen LogP contribution in [0.4, 0.5) is 0 Å². The number of likely N-dealkylation sites (N-methyl/N-ethyl adjacent to an activating group) is 1. The lowest BCUT2D eigenvalue weighted by molar-refractivity contribution is 0.263. The number of halogens is 1. The smallest absolute Gasteiger partial charge is 0.181 e. The second kappa shape index (κ2) is 3.35. The molecule has 0 radical (unpaired) electrons. The number of rotatable bonds is 1. The fraction of sp³-hybridized carbons (Fsp3) is 0.545. The summed E-state index contributed by atoms with van der Waals surface area (Å²) in [6, 6.07) is 1.04. The van der Waals surface area contributed by atoms with Crippen LogP contribution in [0.2, 0.25) is 0 Å². The zero-order valence-electron chi connectivity index (χ0n) is 8.61. The lowest BCUT2D eigenvalue weighted by Crippen LogP contribution is -2.36. The molecule has 0 aliphatic carbocycles. The third-order valence-electron chi connectivity index (χ3n) is 3.58. The van der Waals surface area contributed by atoms with Crippen molar-refractivity contribution in [2.24, 2.45) is 0 Å². The van der Waals surface area contributed by atoms with Crippen molar-refractivity contribution in [2.45, 2.75) is 31.3 Å². The number of fused-ring (bicyclic) bond motifs is 2. The minimum atomic E-state index is 0.421. The monoisotopic (exact) mass is 224 g/mol. The Morgan fingerprint density at radius 2 is 2.40 bits per heavy atom. The van der Waals surface area contributed by atoms with Gasteiger partial charge in [0.05, 0.1) is 6.20 Å². The van der Waals surface area contributed by atoms with E-state index in [1.54, 1.807) is 6.20 Å². The summed E-state index contributed by atoms with van der Waals surface area (Å²) in [6.07, 6.45) is 6.57. The number of nitrogens with zero attached hydrogens (tertiary/aromatic N) is 2. The van der Waals surface area contributed by atoms with Gasteiger partial charge in [0.25, 0.3) is 0 Å². The Bertz CT molecular complexity index is 399. The number of hydrogen-bond donors (Lipinski definition) is 0. The third-order valence-corrected chi connectivity index (χ3v) is 3.94. The van der Waals surface area contributed by atoms with E-state index in [9.17, 15) is 0 Å². The van der Waals surface area contributed by atoms with Gasteiger partial charge in [0.15, 0.2) is 12.2 Å². The maximum Gasteiger partial charge on any atom is 0.181 e. The molecule has 3 nitrogen and oxygen atoms in total. The molecule has 80 valence electrons. The van der Waals surface area contributed by atoms with E-state index in [0.717, 1.165) is 22.8 Å². The number of hydrogen-bond acceptors (Lipinski definition) is 3. The first kappa shape index (κ1) is 9.43. The zero-order valence-corrected chi connectivity index (χ0v) is 9.37. The molecular weight excluding hydrogens is 212 g/mol. The average molecular weight is 225 g/mol. The lowest BCUT2D eigenvalue weighted by Gasteiger charge is -2.32. The van der Waals surface area contributed by atoms with E-state index in [0.29, 0.717) is 12.1 Å². The van der Waals surface area contributed by atoms with Gasteiger partial charge in [-0.3, -0.25) is 4.90 Å². The lowest BCUT2D eigenvalue weighted by atomic mass is 10.00. The Hall–Kier alpha value is -0.800. The van der Waals surface area contributed by atoms with Crippen molar-refractivity contribution in [3.8, 4) is 0 Å². The van der Waals surface area contributed by atoms with Gasteiger partial charge in [0.2, 0.25) is 0 Å². The fourth-order valence-electron chi connectivity index (χ4n) is 2.75. The van der Waals surface area contributed by atoms with Crippen LogP contribution in [0.5, 0.6) is 0 Å². The van der Waals surface area contributed by atoms with E-state index in [2.05, 4.69) is 16.9 Å². The van der Waals surface area contributed by atoms with Crippen LogP contribution in [-0.2, 0) is 0 Å². The summed E-state index contributed by atoms with van der Waals surface area (Å²) < 4.78 is 5.36. The van der Waals surface area contributed by atoms with Gasteiger partial charge in [-0.15, -0.1) is 0 Å². The predicted octanol–water partition coefficient (Wildman–Crippen LogP) is 2.49. The minimum Gasteiger partial charge on any atom is -0.444 e. The van der Waals surface area contributed by atoms with Crippen molar-refractivity contribution >= 4 is 17.2 Å². The molecule has 1 saturated heterocycles. The summed E-state index contributed by atoms with van der Waals surface area (Å²) in [5.41, 5.74) is 1.14. The molecule has 2 unspecified atom stereocenters. The van der Waals surface area contributed by atoms with E-state index in [4.69, 9.17) is 16.0 Å². The summed E-state index contributed by atoms with van der Waals surface area (Å²) in [5.74, 6) is 0.831. The highest BCUT2D eigenvalue weighted by molar-refractivity contribution is 6.33. The normalized spacial score (nSPS) is 31.3. The molecule has 3 rings (SSSR count). The van der Waals surface area contributed by atoms with Crippen LogP contribution < -0.4 is 0 Å². The van der Waals surface area contributed by atoms with Gasteiger partial charge in [-0.25, -0.2) is 4.98 Å². The molecule has 15 heavy (non-hydrogen) atoms. The molecule has 2 bridgehead atoms. The average Bonchev–Trinajstić information content (AvgIpc) is 2.79. The van der Waals surface area contributed by atoms with Gasteiger partial charge in [0, 0.05) is 22.7 Å². The molecule has 2 aliphatic rings. The predicted molar refractivity (Wildman–Crippen MR) is 58.5 cm³/mol. The van der Waals surface area contributed by atoms with Crippen molar-refractivity contribution in [1.82, 2.24) is 9.88 Å². The molecule has 4 heteroatoms. The minimum absolute atomic E-state index is 0.421. The van der Waals surface area contributed by atoms with Crippen molar-refractivity contribution in [3.05, 3.63) is 23.4 Å². The van der Waals surface area contributed by atoms with E-state index < -0.39 is 0 Å². The van der Waals surface area contributed by atoms with Crippen LogP contribution in [0.1, 0.15) is 25.0 Å². The van der Waals surface area contributed by atoms with Crippen molar-refractivity contribution in [1.29, 1.82) is 0 Å². The first-order valence-electron chi connectivity index (χ1n) is 5.26. The van der Waals surface area contributed by atoms with E-state index in [1.165, 1.54) is 19.2 Å². The van der Waals surface area contributed by atoms with Gasteiger partial charge in [-0.05, 0) is 26.3 Å². The molecule has 0 saturated carbocycles. The van der Waals surface area contributed by atoms with Crippen LogP contribution in [-0.4, -0.2) is 29.0 Å². The maximum absolute atomic E-state index is 6.33. The van der Waals surface area contributed by atoms with Gasteiger partial charge in [-0.2, -0.15) is 0 Å². The third kappa shape index (κ3) is 1.34. The second-order valence-electron chi connectivity index (χ2n) is 4.30. The first-order chi connectivity index (χ1) is 7.27. The van der Waals surface area contributed by atoms with Crippen LogP contribution in [0, 0.1) is 0 Å². The van der Waals surface area contributed by atoms with E-state index in [-0.39, 0.29) is 0 Å². The highest BCUT2D eigenvalue weighted by atomic mass is 35.5. The standard InChI is InChI=1S/C11H13ClN2O/c1-14-7-2-3-9(14)11(8(12)4-7)10-5-13-6-15-10/h5-7,9H,2-4H2,1H3. The maximum atomic E-state index is 6.33. The summed E-state index contributed by atoms with van der Waals surface area (Å²) in [7, 11) is 2.17. The number of aromatic nitrogens is 1. The molecule has 0 aromatic carbocycles. The Kier molecular flexibility index (Phi) is 2.11. The van der Waals surface area contributed by atoms with Gasteiger partial charge in [0.1, 0.15) is 0 Å². The summed E-state index contributed by atoms with van der Waals surface area (Å²) in [4.78, 5) is 6.37. The van der Waals surface area contributed by atoms with E-state index >= 15 is 0 Å². The van der Waals surface area contributed by atoms with Gasteiger partial charge in [-0.1, -0.05) is 11.6 Å². The Balaban J connectivity index is 2.06. The molecule has 2 aliphatic heterocycles. The second-order valence-corrected chi connectivity index (χ2v) is 4.76. The molecule has 1 fully saturated rings. The molecule has 1 aromatic rings. The Morgan fingerprint density at radius 1 is 1.53 bits per heavy atom. The van der Waals surface area contributed by atoms with Crippen LogP contribution in [0.3, 0.4) is 0 Å². The summed E-state index contributed by atoms with van der Waals surface area (Å²) >= 11 is 6.33. The molecule has 0 amide bonds. The van der Waals surface area contributed by atoms with E-state index in [1.807, 2.05) is 0 Å². The molecular formula is C11H13ClN2O.